The van der Waals surface area contributed by atoms with Crippen molar-refractivity contribution in [3.05, 3.63) is 68.5 Å². The number of nitrogens with zero attached hydrogens (tertiary/aromatic N) is 1. The first-order valence-corrected chi connectivity index (χ1v) is 7.64. The molecular formula is C17H21N3O4. The maximum Gasteiger partial charge on any atom is 0.330 e. The van der Waals surface area contributed by atoms with E-state index in [4.69, 9.17) is 19.3 Å². The second-order valence-corrected chi connectivity index (χ2v) is 5.74. The number of aromatic amines is 1. The molecule has 0 unspecified atom stereocenters. The number of nitrogens with one attached hydrogen (secondary N) is 1. The van der Waals surface area contributed by atoms with E-state index in [2.05, 4.69) is 0 Å². The monoisotopic (exact) mass is 334 g/mol. The number of H-pyrrole nitrogens is 1. The van der Waals surface area contributed by atoms with Crippen molar-refractivity contribution in [1.29, 1.82) is 0 Å². The molecule has 7 nitrogen and oxygen atoms in total. The topological polar surface area (TPSA) is 99.3 Å². The molecule has 0 aliphatic carbocycles. The molecule has 0 saturated carbocycles. The lowest BCUT2D eigenvalue weighted by Gasteiger charge is -2.17. The molecule has 0 amide bonds. The predicted octanol–water partition coefficient (Wildman–Crippen LogP) is 0.677. The van der Waals surface area contributed by atoms with Crippen molar-refractivity contribution in [2.75, 3.05) is 6.61 Å². The van der Waals surface area contributed by atoms with Crippen molar-refractivity contribution < 1.29 is 13.6 Å². The lowest BCUT2D eigenvalue weighted by atomic mass is 10.1. The Bertz CT molecular complexity index is 895. The minimum atomic E-state index is -2.64. The molecule has 2 heterocycles. The molecule has 7 heteroatoms. The number of benzene rings is 1. The smallest absolute Gasteiger partial charge is 0.330 e. The molecule has 0 radical (unpaired) electrons. The Kier molecular flexibility index (Phi) is 3.89. The number of hydrogen-bond acceptors (Lipinski definition) is 5. The van der Waals surface area contributed by atoms with E-state index in [9.17, 15) is 9.59 Å². The molecule has 3 rings (SSSR count). The summed E-state index contributed by atoms with van der Waals surface area (Å²) in [6, 6.07) is 9.23. The summed E-state index contributed by atoms with van der Waals surface area (Å²) in [4.78, 5) is 25.9. The lowest BCUT2D eigenvalue weighted by molar-refractivity contribution is -0.0489. The third kappa shape index (κ3) is 3.64. The summed E-state index contributed by atoms with van der Waals surface area (Å²) < 4.78 is 34.8. The van der Waals surface area contributed by atoms with Crippen LogP contribution in [0, 0.1) is 6.85 Å². The molecule has 0 bridgehead atoms. The van der Waals surface area contributed by atoms with Gasteiger partial charge in [-0.1, -0.05) is 30.3 Å². The van der Waals surface area contributed by atoms with E-state index in [-0.39, 0.29) is 12.6 Å². The van der Waals surface area contributed by atoms with Crippen LogP contribution in [0.1, 0.15) is 27.9 Å². The fourth-order valence-corrected chi connectivity index (χ4v) is 2.65. The van der Waals surface area contributed by atoms with Crippen LogP contribution in [-0.2, 0) is 16.1 Å². The molecule has 24 heavy (non-hydrogen) atoms. The van der Waals surface area contributed by atoms with Gasteiger partial charge < -0.3 is 15.2 Å². The van der Waals surface area contributed by atoms with Gasteiger partial charge in [0, 0.05) is 28.3 Å². The van der Waals surface area contributed by atoms with Crippen molar-refractivity contribution in [3.8, 4) is 0 Å². The Morgan fingerprint density at radius 2 is 2.21 bits per heavy atom. The molecule has 1 fully saturated rings. The fourth-order valence-electron chi connectivity index (χ4n) is 2.65. The molecular weight excluding hydrogens is 310 g/mol. The first-order valence-electron chi connectivity index (χ1n) is 9.14. The fraction of sp³-hybridized carbons (Fsp3) is 0.412. The Hall–Kier alpha value is -2.22. The molecule has 1 aliphatic heterocycles. The molecule has 2 aromatic rings. The van der Waals surface area contributed by atoms with Gasteiger partial charge in [-0.2, -0.15) is 0 Å². The standard InChI is InChI=1S/C17H21N3O4/c1-11-8-20(17(22)19-16(11)21)15-7-13(18)14(24-15)10-23-9-12-5-3-2-4-6-12/h2-6,8,13-15H,7,9-10,18H2,1H3,(H,19,21,22)/t13-,14-,15-/m1/s1/i1D3. The molecule has 3 atom stereocenters. The number of aryl methyl sites for hydroxylation is 1. The van der Waals surface area contributed by atoms with Gasteiger partial charge in [-0.15, -0.1) is 0 Å². The van der Waals surface area contributed by atoms with Gasteiger partial charge in [0.1, 0.15) is 6.23 Å². The molecule has 3 N–H and O–H groups in total. The van der Waals surface area contributed by atoms with E-state index < -0.39 is 36.0 Å². The predicted molar refractivity (Wildman–Crippen MR) is 88.7 cm³/mol. The highest BCUT2D eigenvalue weighted by Crippen LogP contribution is 2.26. The Labute approximate surface area is 143 Å². The highest BCUT2D eigenvalue weighted by atomic mass is 16.6. The minimum absolute atomic E-state index is 0.233. The number of hydrogen-bond donors (Lipinski definition) is 2. The van der Waals surface area contributed by atoms with E-state index in [1.165, 1.54) is 0 Å². The van der Waals surface area contributed by atoms with Crippen molar-refractivity contribution >= 4 is 0 Å². The van der Waals surface area contributed by atoms with Crippen LogP contribution < -0.4 is 17.0 Å². The van der Waals surface area contributed by atoms with Crippen molar-refractivity contribution in [3.63, 3.8) is 0 Å². The summed E-state index contributed by atoms with van der Waals surface area (Å²) in [5.74, 6) is 0. The van der Waals surface area contributed by atoms with Crippen LogP contribution >= 0.6 is 0 Å². The molecule has 1 aromatic heterocycles. The van der Waals surface area contributed by atoms with Crippen molar-refractivity contribution in [2.45, 2.75) is 38.3 Å². The quantitative estimate of drug-likeness (QED) is 0.837. The van der Waals surface area contributed by atoms with Gasteiger partial charge in [0.15, 0.2) is 0 Å². The first kappa shape index (κ1) is 13.1. The molecule has 1 aliphatic rings. The summed E-state index contributed by atoms with van der Waals surface area (Å²) in [6.07, 6.45) is 0.106. The summed E-state index contributed by atoms with van der Waals surface area (Å²) in [6.45, 7) is -2.00. The SMILES string of the molecule is [2H]C([2H])([2H])c1cn([C@H]2C[C@@H](N)[C@@H](COCc3ccccc3)O2)c(=O)[nH]c1=O. The largest absolute Gasteiger partial charge is 0.374 e. The number of rotatable bonds is 5. The van der Waals surface area contributed by atoms with Crippen LogP contribution in [-0.4, -0.2) is 28.3 Å². The lowest BCUT2D eigenvalue weighted by Crippen LogP contribution is -2.34. The van der Waals surface area contributed by atoms with Gasteiger partial charge in [-0.25, -0.2) is 4.79 Å². The van der Waals surface area contributed by atoms with Gasteiger partial charge in [0.05, 0.1) is 19.3 Å². The van der Waals surface area contributed by atoms with E-state index in [0.29, 0.717) is 13.0 Å². The maximum atomic E-state index is 12.1. The van der Waals surface area contributed by atoms with Gasteiger partial charge in [-0.05, 0) is 12.4 Å². The van der Waals surface area contributed by atoms with Crippen LogP contribution in [0.15, 0.2) is 46.1 Å². The normalized spacial score (nSPS) is 25.9. The zero-order chi connectivity index (χ0) is 19.6. The van der Waals surface area contributed by atoms with Crippen molar-refractivity contribution in [2.24, 2.45) is 5.73 Å². The van der Waals surface area contributed by atoms with Crippen LogP contribution in [0.4, 0.5) is 0 Å². The van der Waals surface area contributed by atoms with E-state index in [1.54, 1.807) is 0 Å². The Morgan fingerprint density at radius 3 is 2.96 bits per heavy atom. The number of ether oxygens (including phenoxy) is 2. The van der Waals surface area contributed by atoms with Gasteiger partial charge in [-0.3, -0.25) is 14.3 Å². The zero-order valence-corrected chi connectivity index (χ0v) is 13.0. The third-order valence-corrected chi connectivity index (χ3v) is 3.95. The molecule has 1 aromatic carbocycles. The number of nitrogens with two attached hydrogens (primary N) is 1. The Morgan fingerprint density at radius 1 is 1.42 bits per heavy atom. The molecule has 128 valence electrons. The summed E-state index contributed by atoms with van der Waals surface area (Å²) >= 11 is 0. The van der Waals surface area contributed by atoms with Crippen LogP contribution in [0.5, 0.6) is 0 Å². The van der Waals surface area contributed by atoms with Gasteiger partial charge >= 0.3 is 5.69 Å². The molecule has 0 spiro atoms. The highest BCUT2D eigenvalue weighted by molar-refractivity contribution is 5.13. The average molecular weight is 334 g/mol. The Balaban J connectivity index is 1.69. The van der Waals surface area contributed by atoms with Crippen molar-refractivity contribution in [1.82, 2.24) is 9.55 Å². The second kappa shape index (κ2) is 7.12. The van der Waals surface area contributed by atoms with Gasteiger partial charge in [0.25, 0.3) is 5.56 Å². The summed E-state index contributed by atoms with van der Waals surface area (Å²) in [5, 5.41) is 0. The van der Waals surface area contributed by atoms with Crippen LogP contribution in [0.25, 0.3) is 0 Å². The zero-order valence-electron chi connectivity index (χ0n) is 16.0. The van der Waals surface area contributed by atoms with Crippen LogP contribution in [0.2, 0.25) is 0 Å². The highest BCUT2D eigenvalue weighted by Gasteiger charge is 2.34. The third-order valence-electron chi connectivity index (χ3n) is 3.95. The maximum absolute atomic E-state index is 12.1. The molecule has 1 saturated heterocycles. The summed E-state index contributed by atoms with van der Waals surface area (Å²) in [7, 11) is 0. The van der Waals surface area contributed by atoms with E-state index in [0.717, 1.165) is 16.3 Å². The average Bonchev–Trinajstić information content (AvgIpc) is 2.95. The summed E-state index contributed by atoms with van der Waals surface area (Å²) in [5.41, 5.74) is 4.96. The van der Waals surface area contributed by atoms with E-state index >= 15 is 0 Å². The first-order chi connectivity index (χ1) is 12.8. The van der Waals surface area contributed by atoms with E-state index in [1.807, 2.05) is 35.3 Å². The minimum Gasteiger partial charge on any atom is -0.374 e. The number of aromatic nitrogens is 2. The van der Waals surface area contributed by atoms with Crippen LogP contribution in [0.3, 0.4) is 0 Å². The van der Waals surface area contributed by atoms with Gasteiger partial charge in [0.2, 0.25) is 0 Å². The second-order valence-electron chi connectivity index (χ2n) is 5.74.